The highest BCUT2D eigenvalue weighted by Gasteiger charge is 2.27. The lowest BCUT2D eigenvalue weighted by Gasteiger charge is -2.17. The normalized spacial score (nSPS) is 16.3. The van der Waals surface area contributed by atoms with Gasteiger partial charge in [0, 0.05) is 24.7 Å². The number of guanidine groups is 1. The average molecular weight is 441 g/mol. The highest BCUT2D eigenvalue weighted by atomic mass is 127. The van der Waals surface area contributed by atoms with Crippen molar-refractivity contribution in [2.45, 2.75) is 32.0 Å². The smallest absolute Gasteiger partial charge is 0.387 e. The Hall–Kier alpha value is -1.52. The zero-order valence-corrected chi connectivity index (χ0v) is 14.8. The van der Waals surface area contributed by atoms with E-state index < -0.39 is 6.61 Å². The molecule has 0 atom stereocenters. The molecule has 2 aliphatic rings. The van der Waals surface area contributed by atoms with Crippen molar-refractivity contribution in [2.24, 2.45) is 10.7 Å². The number of halogens is 3. The second kappa shape index (κ2) is 7.37. The quantitative estimate of drug-likeness (QED) is 0.432. The van der Waals surface area contributed by atoms with Gasteiger partial charge in [-0.2, -0.15) is 8.78 Å². The van der Waals surface area contributed by atoms with Gasteiger partial charge in [-0.25, -0.2) is 4.99 Å². The van der Waals surface area contributed by atoms with Crippen LogP contribution >= 0.6 is 24.0 Å². The Morgan fingerprint density at radius 2 is 2.04 bits per heavy atom. The van der Waals surface area contributed by atoms with Crippen molar-refractivity contribution in [1.82, 2.24) is 4.90 Å². The summed E-state index contributed by atoms with van der Waals surface area (Å²) in [5.41, 5.74) is 6.37. The lowest BCUT2D eigenvalue weighted by Crippen LogP contribution is -2.35. The highest BCUT2D eigenvalue weighted by molar-refractivity contribution is 14.0. The first-order valence-electron chi connectivity index (χ1n) is 6.94. The molecule has 2 N–H and O–H groups in total. The van der Waals surface area contributed by atoms with E-state index in [-0.39, 0.29) is 43.1 Å². The molecule has 3 rings (SSSR count). The van der Waals surface area contributed by atoms with Gasteiger partial charge in [-0.3, -0.25) is 0 Å². The summed E-state index contributed by atoms with van der Waals surface area (Å²) in [6, 6.07) is 3.41. The van der Waals surface area contributed by atoms with Crippen molar-refractivity contribution in [3.8, 4) is 17.2 Å². The van der Waals surface area contributed by atoms with Crippen molar-refractivity contribution in [3.63, 3.8) is 0 Å². The zero-order valence-electron chi connectivity index (χ0n) is 12.5. The molecule has 6 nitrogen and oxygen atoms in total. The van der Waals surface area contributed by atoms with Gasteiger partial charge in [0.25, 0.3) is 0 Å². The van der Waals surface area contributed by atoms with Gasteiger partial charge in [0.2, 0.25) is 6.79 Å². The predicted molar refractivity (Wildman–Crippen MR) is 90.7 cm³/mol. The number of alkyl halides is 2. The van der Waals surface area contributed by atoms with Crippen LogP contribution in [0.25, 0.3) is 0 Å². The third kappa shape index (κ3) is 4.27. The van der Waals surface area contributed by atoms with E-state index in [1.54, 1.807) is 6.07 Å². The maximum absolute atomic E-state index is 12.5. The Bertz CT molecular complexity index is 597. The Morgan fingerprint density at radius 1 is 1.39 bits per heavy atom. The van der Waals surface area contributed by atoms with Crippen molar-refractivity contribution < 1.29 is 23.0 Å². The molecule has 23 heavy (non-hydrogen) atoms. The molecule has 1 fully saturated rings. The fourth-order valence-corrected chi connectivity index (χ4v) is 2.22. The summed E-state index contributed by atoms with van der Waals surface area (Å²) < 4.78 is 40.0. The molecule has 0 radical (unpaired) electrons. The molecule has 0 unspecified atom stereocenters. The second-order valence-corrected chi connectivity index (χ2v) is 5.21. The maximum Gasteiger partial charge on any atom is 0.387 e. The molecule has 0 aromatic heterocycles. The lowest BCUT2D eigenvalue weighted by molar-refractivity contribution is -0.0505. The van der Waals surface area contributed by atoms with Crippen molar-refractivity contribution in [3.05, 3.63) is 17.7 Å². The molecule has 0 saturated heterocycles. The van der Waals surface area contributed by atoms with Crippen molar-refractivity contribution in [2.75, 3.05) is 13.8 Å². The summed E-state index contributed by atoms with van der Waals surface area (Å²) >= 11 is 0. The Kier molecular flexibility index (Phi) is 5.71. The molecule has 0 bridgehead atoms. The monoisotopic (exact) mass is 441 g/mol. The van der Waals surface area contributed by atoms with Gasteiger partial charge in [0.05, 0.1) is 6.54 Å². The molecule has 0 amide bonds. The van der Waals surface area contributed by atoms with E-state index in [4.69, 9.17) is 15.2 Å². The average Bonchev–Trinajstić information content (AvgIpc) is 3.22. The number of benzene rings is 1. The van der Waals surface area contributed by atoms with Gasteiger partial charge in [0.1, 0.15) is 5.75 Å². The molecule has 1 aromatic rings. The van der Waals surface area contributed by atoms with E-state index >= 15 is 0 Å². The molecule has 1 aliphatic heterocycles. The maximum atomic E-state index is 12.5. The van der Waals surface area contributed by atoms with Gasteiger partial charge >= 0.3 is 6.61 Å². The first-order valence-corrected chi connectivity index (χ1v) is 6.94. The fraction of sp³-hybridized carbons (Fsp3) is 0.500. The highest BCUT2D eigenvalue weighted by Crippen LogP contribution is 2.39. The largest absolute Gasteiger partial charge is 0.454 e. The van der Waals surface area contributed by atoms with Crippen LogP contribution < -0.4 is 19.9 Å². The van der Waals surface area contributed by atoms with E-state index in [9.17, 15) is 8.78 Å². The summed E-state index contributed by atoms with van der Waals surface area (Å²) in [5, 5.41) is 0. The number of ether oxygens (including phenoxy) is 3. The lowest BCUT2D eigenvalue weighted by atomic mass is 10.1. The summed E-state index contributed by atoms with van der Waals surface area (Å²) in [4.78, 5) is 6.14. The van der Waals surface area contributed by atoms with E-state index in [1.807, 2.05) is 11.9 Å². The molecule has 0 spiro atoms. The standard InChI is InChI=1S/C14H17F2N3O3.HI/c1-19(9-2-3-9)14(17)18-6-8-4-11-12(21-7-20-11)5-10(8)22-13(15)16;/h4-5,9,13H,2-3,6-7H2,1H3,(H2,17,18);1H. The summed E-state index contributed by atoms with van der Waals surface area (Å²) in [7, 11) is 1.87. The predicted octanol–water partition coefficient (Wildman–Crippen LogP) is 2.54. The van der Waals surface area contributed by atoms with Crippen molar-refractivity contribution in [1.29, 1.82) is 0 Å². The zero-order chi connectivity index (χ0) is 15.7. The summed E-state index contributed by atoms with van der Waals surface area (Å²) in [6.07, 6.45) is 2.19. The van der Waals surface area contributed by atoms with Crippen LogP contribution in [0.5, 0.6) is 17.2 Å². The second-order valence-electron chi connectivity index (χ2n) is 5.21. The molecule has 1 heterocycles. The third-order valence-electron chi connectivity index (χ3n) is 3.64. The van der Waals surface area contributed by atoms with E-state index in [0.29, 0.717) is 29.1 Å². The van der Waals surface area contributed by atoms with E-state index in [0.717, 1.165) is 12.8 Å². The molecule has 128 valence electrons. The molecule has 1 aromatic carbocycles. The van der Waals surface area contributed by atoms with Gasteiger partial charge in [-0.05, 0) is 18.9 Å². The molecule has 1 aliphatic carbocycles. The van der Waals surface area contributed by atoms with E-state index in [2.05, 4.69) is 9.73 Å². The molecule has 9 heteroatoms. The van der Waals surface area contributed by atoms with Crippen LogP contribution in [0.3, 0.4) is 0 Å². The van der Waals surface area contributed by atoms with Gasteiger partial charge in [0.15, 0.2) is 17.5 Å². The summed E-state index contributed by atoms with van der Waals surface area (Å²) in [5.74, 6) is 1.26. The fourth-order valence-electron chi connectivity index (χ4n) is 2.22. The molecule has 1 saturated carbocycles. The van der Waals surface area contributed by atoms with Gasteiger partial charge in [-0.15, -0.1) is 24.0 Å². The SMILES string of the molecule is CN(C(N)=NCc1cc2c(cc1OC(F)F)OCO2)C1CC1.I. The van der Waals surface area contributed by atoms with E-state index in [1.165, 1.54) is 6.07 Å². The number of fused-ring (bicyclic) bond motifs is 1. The topological polar surface area (TPSA) is 69.3 Å². The number of rotatable bonds is 5. The molecular weight excluding hydrogens is 423 g/mol. The van der Waals surface area contributed by atoms with Crippen LogP contribution in [-0.4, -0.2) is 37.4 Å². The minimum absolute atomic E-state index is 0. The number of hydrogen-bond donors (Lipinski definition) is 1. The minimum Gasteiger partial charge on any atom is -0.454 e. The number of nitrogens with two attached hydrogens (primary N) is 1. The minimum atomic E-state index is -2.92. The van der Waals surface area contributed by atoms with Gasteiger partial charge in [-0.1, -0.05) is 0 Å². The first-order chi connectivity index (χ1) is 10.5. The van der Waals surface area contributed by atoms with Crippen LogP contribution in [0.15, 0.2) is 17.1 Å². The van der Waals surface area contributed by atoms with Crippen LogP contribution in [0.1, 0.15) is 18.4 Å². The van der Waals surface area contributed by atoms with Crippen LogP contribution in [0.4, 0.5) is 8.78 Å². The Balaban J connectivity index is 0.00000192. The van der Waals surface area contributed by atoms with Crippen LogP contribution in [0, 0.1) is 0 Å². The van der Waals surface area contributed by atoms with Gasteiger partial charge < -0.3 is 24.8 Å². The van der Waals surface area contributed by atoms with Crippen LogP contribution in [-0.2, 0) is 6.54 Å². The summed E-state index contributed by atoms with van der Waals surface area (Å²) in [6.45, 7) is -2.74. The first kappa shape index (κ1) is 17.8. The Morgan fingerprint density at radius 3 is 2.65 bits per heavy atom. The third-order valence-corrected chi connectivity index (χ3v) is 3.64. The number of hydrogen-bond acceptors (Lipinski definition) is 4. The van der Waals surface area contributed by atoms with Crippen LogP contribution in [0.2, 0.25) is 0 Å². The number of aliphatic imine (C=N–C) groups is 1. The molecular formula is C14H18F2IN3O3. The Labute approximate surface area is 149 Å². The van der Waals surface area contributed by atoms with Crippen molar-refractivity contribution >= 4 is 29.9 Å². The number of nitrogens with zero attached hydrogens (tertiary/aromatic N) is 2.